The summed E-state index contributed by atoms with van der Waals surface area (Å²) >= 11 is 5.78. The Balaban J connectivity index is 2.21. The Morgan fingerprint density at radius 1 is 1.32 bits per heavy atom. The molecule has 0 aliphatic rings. The molecule has 1 aromatic rings. The highest BCUT2D eigenvalue weighted by Crippen LogP contribution is 2.15. The highest BCUT2D eigenvalue weighted by atomic mass is 35.5. The third-order valence-corrected chi connectivity index (χ3v) is 2.57. The lowest BCUT2D eigenvalue weighted by Gasteiger charge is -2.17. The van der Waals surface area contributed by atoms with Gasteiger partial charge in [-0.25, -0.2) is 0 Å². The predicted molar refractivity (Wildman–Crippen MR) is 75.7 cm³/mol. The highest BCUT2D eigenvalue weighted by Gasteiger charge is 2.09. The van der Waals surface area contributed by atoms with E-state index in [9.17, 15) is 4.79 Å². The van der Waals surface area contributed by atoms with Crippen LogP contribution < -0.4 is 4.74 Å². The van der Waals surface area contributed by atoms with Gasteiger partial charge < -0.3 is 9.47 Å². The second-order valence-electron chi connectivity index (χ2n) is 4.58. The molecular weight excluding hydrogens is 266 g/mol. The number of carbonyl (C=O) groups excluding carboxylic acids is 1. The molecule has 0 N–H and O–H groups in total. The maximum absolute atomic E-state index is 11.4. The summed E-state index contributed by atoms with van der Waals surface area (Å²) in [5.41, 5.74) is 0. The third-order valence-electron chi connectivity index (χ3n) is 2.32. The maximum atomic E-state index is 11.4. The number of likely N-dealkylation sites (N-methyl/N-ethyl adjacent to an activating group) is 1. The Labute approximate surface area is 119 Å². The number of nitrogens with zero attached hydrogens (tertiary/aromatic N) is 1. The molecule has 0 aromatic heterocycles. The minimum Gasteiger partial charge on any atom is -0.492 e. The molecule has 0 amide bonds. The van der Waals surface area contributed by atoms with E-state index in [4.69, 9.17) is 21.1 Å². The zero-order valence-electron chi connectivity index (χ0n) is 11.6. The zero-order chi connectivity index (χ0) is 14.3. The van der Waals surface area contributed by atoms with Crippen molar-refractivity contribution < 1.29 is 14.3 Å². The molecule has 0 saturated carbocycles. The minimum atomic E-state index is -0.219. The Hall–Kier alpha value is -1.26. The van der Waals surface area contributed by atoms with E-state index in [0.717, 1.165) is 5.75 Å². The van der Waals surface area contributed by atoms with Crippen LogP contribution in [0.5, 0.6) is 5.75 Å². The van der Waals surface area contributed by atoms with Crippen molar-refractivity contribution in [1.29, 1.82) is 0 Å². The first kappa shape index (κ1) is 15.8. The standard InChI is InChI=1S/C14H20ClNO3/c1-11(2)19-14(17)10-16(3)8-9-18-13-6-4-12(15)5-7-13/h4-7,11H,8-10H2,1-3H3. The summed E-state index contributed by atoms with van der Waals surface area (Å²) in [4.78, 5) is 13.3. The maximum Gasteiger partial charge on any atom is 0.320 e. The minimum absolute atomic E-state index is 0.0776. The molecule has 0 aliphatic carbocycles. The molecule has 106 valence electrons. The summed E-state index contributed by atoms with van der Waals surface area (Å²) in [6.45, 7) is 5.09. The fourth-order valence-electron chi connectivity index (χ4n) is 1.45. The Morgan fingerprint density at radius 2 is 1.95 bits per heavy atom. The monoisotopic (exact) mass is 285 g/mol. The zero-order valence-corrected chi connectivity index (χ0v) is 12.3. The van der Waals surface area contributed by atoms with Crippen LogP contribution in [0, 0.1) is 0 Å². The molecule has 0 bridgehead atoms. The van der Waals surface area contributed by atoms with Gasteiger partial charge in [-0.05, 0) is 45.2 Å². The van der Waals surface area contributed by atoms with Crippen LogP contribution in [0.2, 0.25) is 5.02 Å². The first-order valence-corrected chi connectivity index (χ1v) is 6.61. The van der Waals surface area contributed by atoms with Crippen LogP contribution >= 0.6 is 11.6 Å². The van der Waals surface area contributed by atoms with Crippen LogP contribution in [0.25, 0.3) is 0 Å². The largest absolute Gasteiger partial charge is 0.492 e. The van der Waals surface area contributed by atoms with Gasteiger partial charge in [0, 0.05) is 11.6 Å². The number of esters is 1. The first-order valence-electron chi connectivity index (χ1n) is 6.24. The Morgan fingerprint density at radius 3 is 2.53 bits per heavy atom. The summed E-state index contributed by atoms with van der Waals surface area (Å²) in [6.07, 6.45) is -0.0776. The highest BCUT2D eigenvalue weighted by molar-refractivity contribution is 6.30. The topological polar surface area (TPSA) is 38.8 Å². The van der Waals surface area contributed by atoms with Crippen molar-refractivity contribution in [3.8, 4) is 5.75 Å². The molecule has 0 atom stereocenters. The fourth-order valence-corrected chi connectivity index (χ4v) is 1.58. The summed E-state index contributed by atoms with van der Waals surface area (Å²) in [5, 5.41) is 0.681. The summed E-state index contributed by atoms with van der Waals surface area (Å²) in [5.74, 6) is 0.548. The molecule has 0 aliphatic heterocycles. The van der Waals surface area contributed by atoms with Gasteiger partial charge in [0.2, 0.25) is 0 Å². The molecule has 0 unspecified atom stereocenters. The third kappa shape index (κ3) is 7.03. The molecule has 1 rings (SSSR count). The van der Waals surface area contributed by atoms with Gasteiger partial charge in [0.1, 0.15) is 12.4 Å². The normalized spacial score (nSPS) is 10.8. The second-order valence-corrected chi connectivity index (χ2v) is 5.02. The SMILES string of the molecule is CC(C)OC(=O)CN(C)CCOc1ccc(Cl)cc1. The molecule has 1 aromatic carbocycles. The van der Waals surface area contributed by atoms with Crippen molar-refractivity contribution in [3.63, 3.8) is 0 Å². The number of hydrogen-bond acceptors (Lipinski definition) is 4. The van der Waals surface area contributed by atoms with Crippen LogP contribution in [-0.2, 0) is 9.53 Å². The molecule has 0 spiro atoms. The number of halogens is 1. The van der Waals surface area contributed by atoms with Crippen LogP contribution in [0.3, 0.4) is 0 Å². The number of rotatable bonds is 7. The van der Waals surface area contributed by atoms with Crippen molar-refractivity contribution in [2.75, 3.05) is 26.7 Å². The number of hydrogen-bond donors (Lipinski definition) is 0. The van der Waals surface area contributed by atoms with E-state index < -0.39 is 0 Å². The molecule has 0 saturated heterocycles. The van der Waals surface area contributed by atoms with Gasteiger partial charge in [0.25, 0.3) is 0 Å². The number of ether oxygens (including phenoxy) is 2. The molecule has 4 nitrogen and oxygen atoms in total. The molecule has 0 fully saturated rings. The lowest BCUT2D eigenvalue weighted by atomic mass is 10.3. The average molecular weight is 286 g/mol. The predicted octanol–water partition coefficient (Wildman–Crippen LogP) is 2.60. The molecule has 5 heteroatoms. The Bertz CT molecular complexity index is 392. The van der Waals surface area contributed by atoms with Crippen LogP contribution in [0.1, 0.15) is 13.8 Å². The lowest BCUT2D eigenvalue weighted by molar-refractivity contribution is -0.148. The number of benzene rings is 1. The van der Waals surface area contributed by atoms with Crippen LogP contribution in [-0.4, -0.2) is 43.7 Å². The van der Waals surface area contributed by atoms with Gasteiger partial charge in [0.15, 0.2) is 0 Å². The number of carbonyl (C=O) groups is 1. The summed E-state index contributed by atoms with van der Waals surface area (Å²) in [6, 6.07) is 7.19. The smallest absolute Gasteiger partial charge is 0.320 e. The quantitative estimate of drug-likeness (QED) is 0.722. The van der Waals surface area contributed by atoms with Crippen molar-refractivity contribution >= 4 is 17.6 Å². The van der Waals surface area contributed by atoms with Crippen LogP contribution in [0.4, 0.5) is 0 Å². The van der Waals surface area contributed by atoms with E-state index in [1.165, 1.54) is 0 Å². The molecule has 0 radical (unpaired) electrons. The van der Waals surface area contributed by atoms with Crippen molar-refractivity contribution in [2.24, 2.45) is 0 Å². The van der Waals surface area contributed by atoms with Crippen LogP contribution in [0.15, 0.2) is 24.3 Å². The first-order chi connectivity index (χ1) is 8.97. The summed E-state index contributed by atoms with van der Waals surface area (Å²) in [7, 11) is 1.85. The summed E-state index contributed by atoms with van der Waals surface area (Å²) < 4.78 is 10.6. The molecular formula is C14H20ClNO3. The van der Waals surface area contributed by atoms with E-state index in [2.05, 4.69) is 0 Å². The van der Waals surface area contributed by atoms with E-state index >= 15 is 0 Å². The van der Waals surface area contributed by atoms with Gasteiger partial charge in [0.05, 0.1) is 12.6 Å². The average Bonchev–Trinajstić information content (AvgIpc) is 2.30. The van der Waals surface area contributed by atoms with Gasteiger partial charge in [-0.15, -0.1) is 0 Å². The van der Waals surface area contributed by atoms with E-state index in [1.807, 2.05) is 37.9 Å². The fraction of sp³-hybridized carbons (Fsp3) is 0.500. The van der Waals surface area contributed by atoms with Crippen molar-refractivity contribution in [3.05, 3.63) is 29.3 Å². The van der Waals surface area contributed by atoms with Gasteiger partial charge in [-0.1, -0.05) is 11.6 Å². The second kappa shape index (κ2) is 8.02. The van der Waals surface area contributed by atoms with E-state index in [0.29, 0.717) is 18.2 Å². The van der Waals surface area contributed by atoms with E-state index in [-0.39, 0.29) is 18.6 Å². The van der Waals surface area contributed by atoms with Crippen molar-refractivity contribution in [1.82, 2.24) is 4.90 Å². The molecule has 19 heavy (non-hydrogen) atoms. The Kier molecular flexibility index (Phi) is 6.67. The van der Waals surface area contributed by atoms with Gasteiger partial charge in [-0.3, -0.25) is 9.69 Å². The lowest BCUT2D eigenvalue weighted by Crippen LogP contribution is -2.31. The van der Waals surface area contributed by atoms with Gasteiger partial charge >= 0.3 is 5.97 Å². The van der Waals surface area contributed by atoms with Crippen molar-refractivity contribution in [2.45, 2.75) is 20.0 Å². The molecule has 0 heterocycles. The van der Waals surface area contributed by atoms with Gasteiger partial charge in [-0.2, -0.15) is 0 Å². The van der Waals surface area contributed by atoms with E-state index in [1.54, 1.807) is 12.1 Å².